The maximum atomic E-state index is 5.62. The molecule has 0 aliphatic carbocycles. The molecule has 0 aliphatic heterocycles. The lowest BCUT2D eigenvalue weighted by Gasteiger charge is -2.10. The summed E-state index contributed by atoms with van der Waals surface area (Å²) < 4.78 is 6.18. The number of rotatable bonds is 4. The number of anilines is 3. The summed E-state index contributed by atoms with van der Waals surface area (Å²) in [4.78, 5) is 12.0. The molecule has 3 N–H and O–H groups in total. The summed E-state index contributed by atoms with van der Waals surface area (Å²) in [5, 5.41) is 3.08. The molecular formula is C12H14BrN5O. The van der Waals surface area contributed by atoms with E-state index in [4.69, 9.17) is 10.5 Å². The van der Waals surface area contributed by atoms with E-state index in [0.29, 0.717) is 12.6 Å². The molecule has 0 saturated carbocycles. The van der Waals surface area contributed by atoms with E-state index in [1.54, 1.807) is 0 Å². The largest absolute Gasteiger partial charge is 0.464 e. The second-order valence-electron chi connectivity index (χ2n) is 3.79. The molecule has 19 heavy (non-hydrogen) atoms. The Morgan fingerprint density at radius 3 is 2.84 bits per heavy atom. The van der Waals surface area contributed by atoms with E-state index in [-0.39, 0.29) is 12.0 Å². The topological polar surface area (TPSA) is 86.0 Å². The predicted molar refractivity (Wildman–Crippen MR) is 77.6 cm³/mol. The highest BCUT2D eigenvalue weighted by atomic mass is 79.9. The molecule has 100 valence electrons. The van der Waals surface area contributed by atoms with E-state index in [9.17, 15) is 0 Å². The van der Waals surface area contributed by atoms with E-state index in [1.807, 2.05) is 32.0 Å². The molecule has 0 aliphatic rings. The average Bonchev–Trinajstić information content (AvgIpc) is 2.35. The van der Waals surface area contributed by atoms with Crippen LogP contribution in [0.25, 0.3) is 0 Å². The normalized spacial score (nSPS) is 10.3. The molecule has 0 unspecified atom stereocenters. The molecule has 0 bridgehead atoms. The lowest BCUT2D eigenvalue weighted by molar-refractivity contribution is 0.312. The summed E-state index contributed by atoms with van der Waals surface area (Å²) in [6.45, 7) is 4.32. The highest BCUT2D eigenvalue weighted by molar-refractivity contribution is 9.10. The fourth-order valence-corrected chi connectivity index (χ4v) is 1.85. The first-order chi connectivity index (χ1) is 9.10. The molecule has 2 aromatic rings. The van der Waals surface area contributed by atoms with E-state index in [2.05, 4.69) is 36.2 Å². The molecule has 6 nitrogen and oxygen atoms in total. The first kappa shape index (κ1) is 13.5. The monoisotopic (exact) mass is 323 g/mol. The van der Waals surface area contributed by atoms with Gasteiger partial charge in [0.2, 0.25) is 11.9 Å². The summed E-state index contributed by atoms with van der Waals surface area (Å²) in [6.07, 6.45) is 0. The SMILES string of the molecule is CCOc1nc(N)nc(Nc2cccc(C)c2Br)n1. The quantitative estimate of drug-likeness (QED) is 0.899. The molecule has 1 aromatic heterocycles. The van der Waals surface area contributed by atoms with Crippen molar-refractivity contribution in [3.05, 3.63) is 28.2 Å². The fourth-order valence-electron chi connectivity index (χ4n) is 1.49. The van der Waals surface area contributed by atoms with Crippen LogP contribution in [0, 0.1) is 6.92 Å². The second-order valence-corrected chi connectivity index (χ2v) is 4.59. The van der Waals surface area contributed by atoms with E-state index >= 15 is 0 Å². The van der Waals surface area contributed by atoms with Gasteiger partial charge < -0.3 is 15.8 Å². The first-order valence-electron chi connectivity index (χ1n) is 5.76. The van der Waals surface area contributed by atoms with Gasteiger partial charge in [0.05, 0.1) is 12.3 Å². The van der Waals surface area contributed by atoms with Crippen LogP contribution in [0.4, 0.5) is 17.6 Å². The third kappa shape index (κ3) is 3.31. The molecule has 0 amide bonds. The van der Waals surface area contributed by atoms with Gasteiger partial charge in [-0.1, -0.05) is 12.1 Å². The smallest absolute Gasteiger partial charge is 0.323 e. The van der Waals surface area contributed by atoms with Crippen LogP contribution in [0.3, 0.4) is 0 Å². The molecule has 1 heterocycles. The van der Waals surface area contributed by atoms with Gasteiger partial charge in [0, 0.05) is 4.47 Å². The number of ether oxygens (including phenoxy) is 1. The van der Waals surface area contributed by atoms with Crippen molar-refractivity contribution >= 4 is 33.5 Å². The predicted octanol–water partition coefficient (Wildman–Crippen LogP) is 2.67. The fraction of sp³-hybridized carbons (Fsp3) is 0.250. The zero-order chi connectivity index (χ0) is 13.8. The number of nitrogens with zero attached hydrogens (tertiary/aromatic N) is 3. The van der Waals surface area contributed by atoms with Crippen LogP contribution < -0.4 is 15.8 Å². The Kier molecular flexibility index (Phi) is 4.16. The Morgan fingerprint density at radius 1 is 1.32 bits per heavy atom. The van der Waals surface area contributed by atoms with Crippen molar-refractivity contribution in [2.75, 3.05) is 17.7 Å². The van der Waals surface area contributed by atoms with E-state index in [0.717, 1.165) is 15.7 Å². The first-order valence-corrected chi connectivity index (χ1v) is 6.56. The number of halogens is 1. The number of nitrogens with one attached hydrogen (secondary N) is 1. The summed E-state index contributed by atoms with van der Waals surface area (Å²) in [5.41, 5.74) is 7.58. The van der Waals surface area contributed by atoms with Crippen LogP contribution in [0.15, 0.2) is 22.7 Å². The van der Waals surface area contributed by atoms with Crippen LogP contribution in [0.1, 0.15) is 12.5 Å². The minimum Gasteiger partial charge on any atom is -0.464 e. The van der Waals surface area contributed by atoms with E-state index < -0.39 is 0 Å². The zero-order valence-corrected chi connectivity index (χ0v) is 12.2. The third-order valence-electron chi connectivity index (χ3n) is 2.34. The number of aromatic nitrogens is 3. The van der Waals surface area contributed by atoms with Gasteiger partial charge in [-0.05, 0) is 41.4 Å². The molecule has 0 atom stereocenters. The van der Waals surface area contributed by atoms with Crippen molar-refractivity contribution in [3.63, 3.8) is 0 Å². The highest BCUT2D eigenvalue weighted by Gasteiger charge is 2.08. The van der Waals surface area contributed by atoms with Crippen molar-refractivity contribution in [3.8, 4) is 6.01 Å². The molecule has 1 aromatic carbocycles. The maximum Gasteiger partial charge on any atom is 0.323 e. The maximum absolute atomic E-state index is 5.62. The standard InChI is InChI=1S/C12H14BrN5O/c1-3-19-12-17-10(14)16-11(18-12)15-8-6-4-5-7(2)9(8)13/h4-6H,3H2,1-2H3,(H3,14,15,16,17,18). The summed E-state index contributed by atoms with van der Waals surface area (Å²) >= 11 is 3.51. The molecule has 0 spiro atoms. The minimum atomic E-state index is 0.115. The molecule has 0 radical (unpaired) electrons. The van der Waals surface area contributed by atoms with Gasteiger partial charge in [-0.25, -0.2) is 0 Å². The lowest BCUT2D eigenvalue weighted by Crippen LogP contribution is -2.07. The van der Waals surface area contributed by atoms with Gasteiger partial charge in [0.1, 0.15) is 0 Å². The lowest BCUT2D eigenvalue weighted by atomic mass is 10.2. The van der Waals surface area contributed by atoms with E-state index in [1.165, 1.54) is 0 Å². The van der Waals surface area contributed by atoms with Crippen molar-refractivity contribution in [1.29, 1.82) is 0 Å². The Bertz CT molecular complexity index is 590. The summed E-state index contributed by atoms with van der Waals surface area (Å²) in [5.74, 6) is 0.465. The Labute approximate surface area is 119 Å². The average molecular weight is 324 g/mol. The summed E-state index contributed by atoms with van der Waals surface area (Å²) in [6, 6.07) is 6.07. The molecule has 2 rings (SSSR count). The van der Waals surface area contributed by atoms with Gasteiger partial charge in [0.25, 0.3) is 0 Å². The van der Waals surface area contributed by atoms with Gasteiger partial charge in [-0.2, -0.15) is 15.0 Å². The minimum absolute atomic E-state index is 0.115. The van der Waals surface area contributed by atoms with Crippen LogP contribution in [-0.4, -0.2) is 21.6 Å². The van der Waals surface area contributed by atoms with Gasteiger partial charge >= 0.3 is 6.01 Å². The molecule has 7 heteroatoms. The number of benzene rings is 1. The van der Waals surface area contributed by atoms with Gasteiger partial charge in [-0.3, -0.25) is 0 Å². The van der Waals surface area contributed by atoms with Crippen molar-refractivity contribution < 1.29 is 4.74 Å². The van der Waals surface area contributed by atoms with Crippen LogP contribution in [-0.2, 0) is 0 Å². The number of hydrogen-bond donors (Lipinski definition) is 2. The number of nitrogen functional groups attached to an aromatic ring is 1. The van der Waals surface area contributed by atoms with Crippen molar-refractivity contribution in [1.82, 2.24) is 15.0 Å². The second kappa shape index (κ2) is 5.83. The van der Waals surface area contributed by atoms with Crippen molar-refractivity contribution in [2.24, 2.45) is 0 Å². The zero-order valence-electron chi connectivity index (χ0n) is 10.6. The van der Waals surface area contributed by atoms with Crippen LogP contribution >= 0.6 is 15.9 Å². The summed E-state index contributed by atoms with van der Waals surface area (Å²) in [7, 11) is 0. The van der Waals surface area contributed by atoms with Crippen LogP contribution in [0.2, 0.25) is 0 Å². The molecule has 0 fully saturated rings. The van der Waals surface area contributed by atoms with Crippen molar-refractivity contribution in [2.45, 2.75) is 13.8 Å². The third-order valence-corrected chi connectivity index (χ3v) is 3.40. The molecular weight excluding hydrogens is 310 g/mol. The highest BCUT2D eigenvalue weighted by Crippen LogP contribution is 2.27. The Balaban J connectivity index is 2.30. The van der Waals surface area contributed by atoms with Crippen LogP contribution in [0.5, 0.6) is 6.01 Å². The number of hydrogen-bond acceptors (Lipinski definition) is 6. The Morgan fingerprint density at radius 2 is 2.11 bits per heavy atom. The number of nitrogens with two attached hydrogens (primary N) is 1. The molecule has 0 saturated heterocycles. The van der Waals surface area contributed by atoms with Gasteiger partial charge in [-0.15, -0.1) is 0 Å². The Hall–Kier alpha value is -1.89. The van der Waals surface area contributed by atoms with Gasteiger partial charge in [0.15, 0.2) is 0 Å². The number of aryl methyl sites for hydroxylation is 1.